The van der Waals surface area contributed by atoms with Crippen molar-refractivity contribution in [3.05, 3.63) is 35.1 Å². The zero-order valence-electron chi connectivity index (χ0n) is 10.1. The van der Waals surface area contributed by atoms with E-state index in [0.717, 1.165) is 6.42 Å². The zero-order chi connectivity index (χ0) is 13.3. The Bertz CT molecular complexity index is 502. The minimum atomic E-state index is -0.540. The van der Waals surface area contributed by atoms with Crippen LogP contribution in [0.2, 0.25) is 0 Å². The van der Waals surface area contributed by atoms with Gasteiger partial charge in [0.2, 0.25) is 5.91 Å². The summed E-state index contributed by atoms with van der Waals surface area (Å²) in [4.78, 5) is 25.0. The molecule has 1 aromatic rings. The van der Waals surface area contributed by atoms with Gasteiger partial charge in [0.1, 0.15) is 11.9 Å². The number of hydrogen-bond acceptors (Lipinski definition) is 2. The lowest BCUT2D eigenvalue weighted by atomic mass is 10.1. The van der Waals surface area contributed by atoms with Crippen LogP contribution < -0.4 is 5.73 Å². The molecule has 1 aromatic carbocycles. The van der Waals surface area contributed by atoms with Gasteiger partial charge in [-0.2, -0.15) is 0 Å². The van der Waals surface area contributed by atoms with Gasteiger partial charge in [-0.15, -0.1) is 0 Å². The fraction of sp³-hybridized carbons (Fsp3) is 0.385. The molecule has 0 bridgehead atoms. The lowest BCUT2D eigenvalue weighted by Crippen LogP contribution is -2.43. The van der Waals surface area contributed by atoms with E-state index >= 15 is 0 Å². The Morgan fingerprint density at radius 2 is 2.17 bits per heavy atom. The normalized spacial score (nSPS) is 19.0. The largest absolute Gasteiger partial charge is 0.368 e. The van der Waals surface area contributed by atoms with Gasteiger partial charge in [-0.3, -0.25) is 9.59 Å². The summed E-state index contributed by atoms with van der Waals surface area (Å²) < 4.78 is 13.0. The molecule has 0 aromatic heterocycles. The Morgan fingerprint density at radius 3 is 2.78 bits per heavy atom. The molecule has 18 heavy (non-hydrogen) atoms. The number of benzene rings is 1. The quantitative estimate of drug-likeness (QED) is 0.857. The summed E-state index contributed by atoms with van der Waals surface area (Å²) in [5.74, 6) is -1.12. The average molecular weight is 250 g/mol. The lowest BCUT2D eigenvalue weighted by Gasteiger charge is -2.23. The van der Waals surface area contributed by atoms with Gasteiger partial charge in [-0.25, -0.2) is 4.39 Å². The molecule has 1 atom stereocenters. The number of likely N-dealkylation sites (tertiary alicyclic amines) is 1. The van der Waals surface area contributed by atoms with Crippen LogP contribution in [0.15, 0.2) is 18.2 Å². The molecule has 5 heteroatoms. The van der Waals surface area contributed by atoms with E-state index in [1.165, 1.54) is 23.1 Å². The molecule has 2 rings (SSSR count). The smallest absolute Gasteiger partial charge is 0.254 e. The first-order valence-corrected chi connectivity index (χ1v) is 5.87. The number of nitrogens with two attached hydrogens (primary N) is 1. The minimum absolute atomic E-state index is 0.256. The third-order valence-electron chi connectivity index (χ3n) is 3.26. The Labute approximate surface area is 105 Å². The summed E-state index contributed by atoms with van der Waals surface area (Å²) >= 11 is 0. The summed E-state index contributed by atoms with van der Waals surface area (Å²) in [7, 11) is 0. The highest BCUT2D eigenvalue weighted by Gasteiger charge is 2.33. The Morgan fingerprint density at radius 1 is 1.44 bits per heavy atom. The molecule has 1 heterocycles. The first-order valence-electron chi connectivity index (χ1n) is 5.87. The number of aryl methyl sites for hydroxylation is 1. The van der Waals surface area contributed by atoms with Gasteiger partial charge in [0.15, 0.2) is 0 Å². The lowest BCUT2D eigenvalue weighted by molar-refractivity contribution is -0.121. The maximum Gasteiger partial charge on any atom is 0.254 e. The van der Waals surface area contributed by atoms with Crippen molar-refractivity contribution in [2.45, 2.75) is 25.8 Å². The average Bonchev–Trinajstić information content (AvgIpc) is 2.77. The van der Waals surface area contributed by atoms with Crippen molar-refractivity contribution >= 4 is 11.8 Å². The molecule has 1 aliphatic rings. The number of amides is 2. The second-order valence-electron chi connectivity index (χ2n) is 4.52. The summed E-state index contributed by atoms with van der Waals surface area (Å²) in [5.41, 5.74) is 6.26. The van der Waals surface area contributed by atoms with E-state index < -0.39 is 11.9 Å². The number of carbonyl (C=O) groups is 2. The van der Waals surface area contributed by atoms with Gasteiger partial charge < -0.3 is 10.6 Å². The summed E-state index contributed by atoms with van der Waals surface area (Å²) in [6.45, 7) is 2.19. The van der Waals surface area contributed by atoms with Crippen molar-refractivity contribution in [2.75, 3.05) is 6.54 Å². The van der Waals surface area contributed by atoms with Crippen molar-refractivity contribution in [1.82, 2.24) is 4.90 Å². The van der Waals surface area contributed by atoms with E-state index in [1.54, 1.807) is 6.92 Å². The molecule has 2 amide bonds. The van der Waals surface area contributed by atoms with Gasteiger partial charge in [-0.1, -0.05) is 0 Å². The number of nitrogens with zero attached hydrogens (tertiary/aromatic N) is 1. The predicted octanol–water partition coefficient (Wildman–Crippen LogP) is 1.22. The summed E-state index contributed by atoms with van der Waals surface area (Å²) in [6.07, 6.45) is 1.36. The second-order valence-corrected chi connectivity index (χ2v) is 4.52. The molecule has 1 aliphatic heterocycles. The molecule has 0 spiro atoms. The van der Waals surface area contributed by atoms with Crippen LogP contribution in [-0.2, 0) is 4.79 Å². The third kappa shape index (κ3) is 2.20. The van der Waals surface area contributed by atoms with Gasteiger partial charge in [-0.05, 0) is 43.5 Å². The van der Waals surface area contributed by atoms with Crippen LogP contribution in [0.4, 0.5) is 4.39 Å². The summed E-state index contributed by atoms with van der Waals surface area (Å²) in [6, 6.07) is 3.46. The molecule has 1 unspecified atom stereocenters. The van der Waals surface area contributed by atoms with Crippen LogP contribution in [0.25, 0.3) is 0 Å². The zero-order valence-corrected chi connectivity index (χ0v) is 10.1. The topological polar surface area (TPSA) is 63.4 Å². The molecule has 1 saturated heterocycles. The van der Waals surface area contributed by atoms with E-state index in [0.29, 0.717) is 24.1 Å². The van der Waals surface area contributed by atoms with Crippen LogP contribution in [0.1, 0.15) is 28.8 Å². The molecule has 2 N–H and O–H groups in total. The fourth-order valence-corrected chi connectivity index (χ4v) is 2.33. The van der Waals surface area contributed by atoms with E-state index in [1.807, 2.05) is 0 Å². The molecule has 0 saturated carbocycles. The van der Waals surface area contributed by atoms with Crippen molar-refractivity contribution in [3.8, 4) is 0 Å². The maximum atomic E-state index is 13.0. The summed E-state index contributed by atoms with van der Waals surface area (Å²) in [5, 5.41) is 0. The predicted molar refractivity (Wildman–Crippen MR) is 64.4 cm³/mol. The molecule has 96 valence electrons. The number of rotatable bonds is 2. The SMILES string of the molecule is Cc1cc(F)ccc1C(=O)N1CCCC1C(N)=O. The van der Waals surface area contributed by atoms with E-state index in [2.05, 4.69) is 0 Å². The highest BCUT2D eigenvalue weighted by molar-refractivity contribution is 5.98. The first kappa shape index (κ1) is 12.5. The minimum Gasteiger partial charge on any atom is -0.368 e. The monoisotopic (exact) mass is 250 g/mol. The Hall–Kier alpha value is -1.91. The van der Waals surface area contributed by atoms with Crippen LogP contribution in [0.3, 0.4) is 0 Å². The van der Waals surface area contributed by atoms with Crippen LogP contribution >= 0.6 is 0 Å². The molecule has 0 aliphatic carbocycles. The molecule has 0 radical (unpaired) electrons. The second kappa shape index (κ2) is 4.76. The van der Waals surface area contributed by atoms with E-state index in [9.17, 15) is 14.0 Å². The van der Waals surface area contributed by atoms with Gasteiger partial charge >= 0.3 is 0 Å². The highest BCUT2D eigenvalue weighted by Crippen LogP contribution is 2.21. The van der Waals surface area contributed by atoms with Crippen molar-refractivity contribution in [1.29, 1.82) is 0 Å². The highest BCUT2D eigenvalue weighted by atomic mass is 19.1. The Balaban J connectivity index is 2.28. The third-order valence-corrected chi connectivity index (χ3v) is 3.26. The van der Waals surface area contributed by atoms with E-state index in [-0.39, 0.29) is 11.7 Å². The van der Waals surface area contributed by atoms with Crippen molar-refractivity contribution in [3.63, 3.8) is 0 Å². The molecular weight excluding hydrogens is 235 g/mol. The first-order chi connectivity index (χ1) is 8.50. The number of carbonyl (C=O) groups excluding carboxylic acids is 2. The van der Waals surface area contributed by atoms with Crippen molar-refractivity contribution < 1.29 is 14.0 Å². The van der Waals surface area contributed by atoms with E-state index in [4.69, 9.17) is 5.73 Å². The number of hydrogen-bond donors (Lipinski definition) is 1. The van der Waals surface area contributed by atoms with Crippen LogP contribution in [0.5, 0.6) is 0 Å². The molecule has 1 fully saturated rings. The van der Waals surface area contributed by atoms with Crippen LogP contribution in [-0.4, -0.2) is 29.3 Å². The van der Waals surface area contributed by atoms with Gasteiger partial charge in [0.05, 0.1) is 0 Å². The maximum absolute atomic E-state index is 13.0. The molecule has 4 nitrogen and oxygen atoms in total. The standard InChI is InChI=1S/C13H15FN2O2/c1-8-7-9(14)4-5-10(8)13(18)16-6-2-3-11(16)12(15)17/h4-5,7,11H,2-3,6H2,1H3,(H2,15,17). The van der Waals surface area contributed by atoms with Crippen molar-refractivity contribution in [2.24, 2.45) is 5.73 Å². The fourth-order valence-electron chi connectivity index (χ4n) is 2.33. The number of halogens is 1. The van der Waals surface area contributed by atoms with Gasteiger partial charge in [0, 0.05) is 12.1 Å². The van der Waals surface area contributed by atoms with Crippen LogP contribution in [0, 0.1) is 12.7 Å². The Kier molecular flexibility index (Phi) is 3.32. The molecular formula is C13H15FN2O2. The van der Waals surface area contributed by atoms with Gasteiger partial charge in [0.25, 0.3) is 5.91 Å². The number of primary amides is 1.